The van der Waals surface area contributed by atoms with Crippen LogP contribution in [0.15, 0.2) is 36.4 Å². The molecule has 2 aromatic carbocycles. The van der Waals surface area contributed by atoms with Crippen molar-refractivity contribution in [2.45, 2.75) is 20.0 Å². The highest BCUT2D eigenvalue weighted by Gasteiger charge is 2.29. The molecule has 1 aliphatic heterocycles. The number of amides is 3. The van der Waals surface area contributed by atoms with Crippen molar-refractivity contribution in [2.24, 2.45) is 5.92 Å². The number of anilines is 1. The maximum Gasteiger partial charge on any atom is 0.322 e. The Kier molecular flexibility index (Phi) is 9.66. The van der Waals surface area contributed by atoms with E-state index in [1.54, 1.807) is 46.2 Å². The molecule has 1 fully saturated rings. The molecule has 2 aromatic rings. The first kappa shape index (κ1) is 27.4. The number of carbonyl (C=O) groups excluding carboxylic acids is 2. The maximum atomic E-state index is 13.6. The number of halogens is 1. The molecule has 1 heterocycles. The van der Waals surface area contributed by atoms with E-state index >= 15 is 0 Å². The van der Waals surface area contributed by atoms with Crippen molar-refractivity contribution in [1.82, 2.24) is 9.80 Å². The predicted octanol–water partition coefficient (Wildman–Crippen LogP) is 4.40. The van der Waals surface area contributed by atoms with E-state index in [4.69, 9.17) is 30.5 Å². The summed E-state index contributed by atoms with van der Waals surface area (Å²) in [6.07, 6.45) is -0.339. The molecule has 1 N–H and O–H groups in total. The van der Waals surface area contributed by atoms with Gasteiger partial charge in [0.25, 0.3) is 5.91 Å². The van der Waals surface area contributed by atoms with E-state index in [0.29, 0.717) is 66.3 Å². The van der Waals surface area contributed by atoms with Crippen LogP contribution < -0.4 is 19.5 Å². The van der Waals surface area contributed by atoms with Crippen molar-refractivity contribution in [3.05, 3.63) is 47.0 Å². The van der Waals surface area contributed by atoms with E-state index in [-0.39, 0.29) is 24.0 Å². The Balaban J connectivity index is 1.75. The first-order chi connectivity index (χ1) is 17.2. The SMILES string of the molecule is COc1cc(C(=O)N(CC(C)C)CC2CN(C(=O)Nc3cccc(Cl)c3)CCO2)cc(OC)c1OC. The number of nitrogens with one attached hydrogen (secondary N) is 1. The molecule has 10 heteroatoms. The molecule has 36 heavy (non-hydrogen) atoms. The Morgan fingerprint density at radius 2 is 1.83 bits per heavy atom. The molecule has 0 saturated carbocycles. The standard InChI is InChI=1S/C26H34ClN3O6/c1-17(2)14-30(25(31)18-11-22(33-3)24(35-5)23(12-18)34-4)16-21-15-29(9-10-36-21)26(32)28-20-8-6-7-19(27)13-20/h6-8,11-13,17,21H,9-10,14-16H2,1-5H3,(H,28,32). The fraction of sp³-hybridized carbons (Fsp3) is 0.462. The number of methoxy groups -OCH3 is 3. The number of hydrogen-bond donors (Lipinski definition) is 1. The second kappa shape index (κ2) is 12.7. The number of morpholine rings is 1. The lowest BCUT2D eigenvalue weighted by Crippen LogP contribution is -2.52. The van der Waals surface area contributed by atoms with Gasteiger partial charge in [-0.1, -0.05) is 31.5 Å². The van der Waals surface area contributed by atoms with Gasteiger partial charge in [0, 0.05) is 35.9 Å². The van der Waals surface area contributed by atoms with Crippen LogP contribution in [0.2, 0.25) is 5.02 Å². The number of nitrogens with zero attached hydrogens (tertiary/aromatic N) is 2. The molecule has 0 aliphatic carbocycles. The summed E-state index contributed by atoms with van der Waals surface area (Å²) in [5.41, 5.74) is 1.03. The summed E-state index contributed by atoms with van der Waals surface area (Å²) in [7, 11) is 4.54. The summed E-state index contributed by atoms with van der Waals surface area (Å²) in [6.45, 7) is 6.11. The second-order valence-electron chi connectivity index (χ2n) is 8.90. The maximum absolute atomic E-state index is 13.6. The quantitative estimate of drug-likeness (QED) is 0.528. The van der Waals surface area contributed by atoms with Crippen LogP contribution >= 0.6 is 11.6 Å². The molecule has 0 radical (unpaired) electrons. The van der Waals surface area contributed by atoms with E-state index in [2.05, 4.69) is 5.32 Å². The zero-order valence-corrected chi connectivity index (χ0v) is 22.1. The van der Waals surface area contributed by atoms with E-state index in [1.807, 2.05) is 13.8 Å². The van der Waals surface area contributed by atoms with E-state index in [0.717, 1.165) is 0 Å². The lowest BCUT2D eigenvalue weighted by atomic mass is 10.1. The third-order valence-corrected chi connectivity index (χ3v) is 5.95. The van der Waals surface area contributed by atoms with Crippen LogP contribution in [0.25, 0.3) is 0 Å². The van der Waals surface area contributed by atoms with Gasteiger partial charge in [-0.2, -0.15) is 0 Å². The Hall–Kier alpha value is -3.17. The molecule has 3 rings (SSSR count). The molecular weight excluding hydrogens is 486 g/mol. The molecule has 0 aromatic heterocycles. The lowest BCUT2D eigenvalue weighted by molar-refractivity contribution is -0.0272. The van der Waals surface area contributed by atoms with Crippen molar-refractivity contribution in [3.8, 4) is 17.2 Å². The summed E-state index contributed by atoms with van der Waals surface area (Å²) in [5.74, 6) is 1.27. The van der Waals surface area contributed by atoms with Crippen LogP contribution in [0.5, 0.6) is 17.2 Å². The van der Waals surface area contributed by atoms with E-state index < -0.39 is 0 Å². The minimum absolute atomic E-state index is 0.188. The predicted molar refractivity (Wildman–Crippen MR) is 139 cm³/mol. The van der Waals surface area contributed by atoms with Crippen LogP contribution in [0.4, 0.5) is 10.5 Å². The van der Waals surface area contributed by atoms with Crippen molar-refractivity contribution in [2.75, 3.05) is 59.4 Å². The van der Waals surface area contributed by atoms with Crippen molar-refractivity contribution in [1.29, 1.82) is 0 Å². The number of hydrogen-bond acceptors (Lipinski definition) is 6. The molecule has 1 unspecified atom stereocenters. The van der Waals surface area contributed by atoms with Crippen LogP contribution in [0.1, 0.15) is 24.2 Å². The molecular formula is C26H34ClN3O6. The van der Waals surface area contributed by atoms with Gasteiger partial charge >= 0.3 is 6.03 Å². The first-order valence-corrected chi connectivity index (χ1v) is 12.2. The lowest BCUT2D eigenvalue weighted by Gasteiger charge is -2.36. The fourth-order valence-corrected chi connectivity index (χ4v) is 4.29. The minimum Gasteiger partial charge on any atom is -0.493 e. The van der Waals surface area contributed by atoms with Gasteiger partial charge in [0.2, 0.25) is 5.75 Å². The van der Waals surface area contributed by atoms with Gasteiger partial charge in [-0.25, -0.2) is 4.79 Å². The van der Waals surface area contributed by atoms with Gasteiger partial charge in [-0.3, -0.25) is 4.79 Å². The minimum atomic E-state index is -0.339. The highest BCUT2D eigenvalue weighted by atomic mass is 35.5. The average molecular weight is 520 g/mol. The highest BCUT2D eigenvalue weighted by Crippen LogP contribution is 2.38. The van der Waals surface area contributed by atoms with Crippen LogP contribution in [-0.4, -0.2) is 82.0 Å². The van der Waals surface area contributed by atoms with Crippen molar-refractivity contribution < 1.29 is 28.5 Å². The smallest absolute Gasteiger partial charge is 0.322 e. The van der Waals surface area contributed by atoms with Gasteiger partial charge < -0.3 is 34.1 Å². The third-order valence-electron chi connectivity index (χ3n) is 5.71. The van der Waals surface area contributed by atoms with E-state index in [9.17, 15) is 9.59 Å². The zero-order valence-electron chi connectivity index (χ0n) is 21.4. The van der Waals surface area contributed by atoms with Gasteiger partial charge in [0.15, 0.2) is 11.5 Å². The monoisotopic (exact) mass is 519 g/mol. The van der Waals surface area contributed by atoms with Crippen molar-refractivity contribution >= 4 is 29.2 Å². The van der Waals surface area contributed by atoms with Gasteiger partial charge in [0.05, 0.1) is 40.6 Å². The van der Waals surface area contributed by atoms with Crippen LogP contribution in [0.3, 0.4) is 0 Å². The topological polar surface area (TPSA) is 89.6 Å². The molecule has 1 atom stereocenters. The number of ether oxygens (including phenoxy) is 4. The molecule has 196 valence electrons. The van der Waals surface area contributed by atoms with Gasteiger partial charge in [-0.05, 0) is 36.2 Å². The number of urea groups is 1. The molecule has 3 amide bonds. The first-order valence-electron chi connectivity index (χ1n) is 11.8. The second-order valence-corrected chi connectivity index (χ2v) is 9.33. The van der Waals surface area contributed by atoms with Crippen LogP contribution in [-0.2, 0) is 4.74 Å². The summed E-state index contributed by atoms with van der Waals surface area (Å²) in [6, 6.07) is 10.0. The fourth-order valence-electron chi connectivity index (χ4n) is 4.10. The Morgan fingerprint density at radius 3 is 2.42 bits per heavy atom. The number of rotatable bonds is 9. The molecule has 1 saturated heterocycles. The van der Waals surface area contributed by atoms with Gasteiger partial charge in [-0.15, -0.1) is 0 Å². The summed E-state index contributed by atoms with van der Waals surface area (Å²) < 4.78 is 22.2. The number of carbonyl (C=O) groups is 2. The Bertz CT molecular complexity index is 1040. The summed E-state index contributed by atoms with van der Waals surface area (Å²) >= 11 is 6.03. The molecule has 0 spiro atoms. The Labute approximate surface area is 217 Å². The highest BCUT2D eigenvalue weighted by molar-refractivity contribution is 6.30. The molecule has 0 bridgehead atoms. The molecule has 1 aliphatic rings. The zero-order chi connectivity index (χ0) is 26.2. The third kappa shape index (κ3) is 6.95. The van der Waals surface area contributed by atoms with Crippen molar-refractivity contribution in [3.63, 3.8) is 0 Å². The number of benzene rings is 2. The largest absolute Gasteiger partial charge is 0.493 e. The molecule has 9 nitrogen and oxygen atoms in total. The van der Waals surface area contributed by atoms with Gasteiger partial charge in [0.1, 0.15) is 0 Å². The van der Waals surface area contributed by atoms with Crippen LogP contribution in [0, 0.1) is 5.92 Å². The summed E-state index contributed by atoms with van der Waals surface area (Å²) in [4.78, 5) is 29.9. The Morgan fingerprint density at radius 1 is 1.14 bits per heavy atom. The van der Waals surface area contributed by atoms with E-state index in [1.165, 1.54) is 21.3 Å². The normalized spacial score (nSPS) is 15.4. The summed E-state index contributed by atoms with van der Waals surface area (Å²) in [5, 5.41) is 3.41. The average Bonchev–Trinajstić information content (AvgIpc) is 2.86.